The minimum absolute atomic E-state index is 0.0151. The molecule has 0 saturated carbocycles. The van der Waals surface area contributed by atoms with E-state index in [0.29, 0.717) is 159 Å². The third-order valence-corrected chi connectivity index (χ3v) is 14.2. The molecule has 0 bridgehead atoms. The lowest BCUT2D eigenvalue weighted by Crippen LogP contribution is -2.36. The summed E-state index contributed by atoms with van der Waals surface area (Å²) in [5.74, 6) is -1.77. The highest BCUT2D eigenvalue weighted by atomic mass is 32.2. The summed E-state index contributed by atoms with van der Waals surface area (Å²) >= 11 is 0. The Labute approximate surface area is 445 Å². The third-order valence-electron chi connectivity index (χ3n) is 12.5. The standard InChI is InChI=1S/C52H73N3O19S2/c1-52(19-8-38-75(59,60)61)45-40-43(76(62,63)64)13-15-46(45)54(20-6-4-5-11-51(58)74-55-49(56)16-17-50(55)57)48(52)10-7-9-41-18-23-73-47-39-42(12-14-44(41)47)53(21-24-67-30-32-71-36-34-69-28-26-65-2)22-25-68-31-33-72-37-35-70-29-27-66-3/h7,9-10,12-15,18,23,39-40H,4-6,8,11,16-17,19-22,24-38H2,1-3H3,(H-,59,60,61,62,63,64)/p+1. The summed E-state index contributed by atoms with van der Waals surface area (Å²) in [7, 11) is -5.73. The molecule has 22 nitrogen and oxygen atoms in total. The molecule has 76 heavy (non-hydrogen) atoms. The Bertz CT molecular complexity index is 2610. The van der Waals surface area contributed by atoms with E-state index in [4.69, 9.17) is 47.1 Å². The van der Waals surface area contributed by atoms with Gasteiger partial charge in [0, 0.05) is 68.5 Å². The molecule has 0 radical (unpaired) electrons. The van der Waals surface area contributed by atoms with Crippen molar-refractivity contribution in [3.05, 3.63) is 83.1 Å². The van der Waals surface area contributed by atoms with Gasteiger partial charge in [0.2, 0.25) is 5.36 Å². The second kappa shape index (κ2) is 32.1. The summed E-state index contributed by atoms with van der Waals surface area (Å²) < 4.78 is 121. The smallest absolute Gasteiger partial charge is 0.333 e. The molecule has 2 N–H and O–H groups in total. The van der Waals surface area contributed by atoms with E-state index < -0.39 is 49.2 Å². The molecule has 1 saturated heterocycles. The highest BCUT2D eigenvalue weighted by Crippen LogP contribution is 2.51. The zero-order chi connectivity index (χ0) is 54.8. The van der Waals surface area contributed by atoms with Crippen LogP contribution >= 0.6 is 0 Å². The fourth-order valence-electron chi connectivity index (χ4n) is 8.62. The van der Waals surface area contributed by atoms with E-state index in [1.165, 1.54) is 12.1 Å². The lowest BCUT2D eigenvalue weighted by molar-refractivity contribution is -0.197. The molecule has 3 aliphatic heterocycles. The van der Waals surface area contributed by atoms with Crippen LogP contribution in [-0.2, 0) is 82.8 Å². The van der Waals surface area contributed by atoms with Gasteiger partial charge < -0.3 is 52.0 Å². The Morgan fingerprint density at radius 1 is 0.724 bits per heavy atom. The Morgan fingerprint density at radius 3 is 1.87 bits per heavy atom. The van der Waals surface area contributed by atoms with Gasteiger partial charge >= 0.3 is 5.97 Å². The van der Waals surface area contributed by atoms with Crippen LogP contribution in [0, 0.1) is 0 Å². The molecule has 1 atom stereocenters. The first kappa shape index (κ1) is 61.9. The number of hydroxylamine groups is 2. The van der Waals surface area contributed by atoms with Gasteiger partial charge in [-0.25, -0.2) is 9.37 Å². The quantitative estimate of drug-likeness (QED) is 0.0350. The van der Waals surface area contributed by atoms with Gasteiger partial charge in [-0.15, -0.1) is 5.06 Å². The molecule has 1 unspecified atom stereocenters. The van der Waals surface area contributed by atoms with Crippen molar-refractivity contribution in [1.82, 2.24) is 9.64 Å². The van der Waals surface area contributed by atoms with Gasteiger partial charge in [0.25, 0.3) is 32.1 Å². The zero-order valence-corrected chi connectivity index (χ0v) is 45.4. The van der Waals surface area contributed by atoms with E-state index in [1.807, 2.05) is 54.3 Å². The predicted molar refractivity (Wildman–Crippen MR) is 278 cm³/mol. The van der Waals surface area contributed by atoms with Crippen molar-refractivity contribution >= 4 is 49.8 Å². The van der Waals surface area contributed by atoms with E-state index in [9.17, 15) is 40.3 Å². The molecule has 1 aliphatic carbocycles. The number of carbonyl (C=O) groups is 3. The van der Waals surface area contributed by atoms with E-state index in [0.717, 1.165) is 16.5 Å². The predicted octanol–water partition coefficient (Wildman–Crippen LogP) is 4.31. The van der Waals surface area contributed by atoms with Crippen LogP contribution in [0.4, 0.5) is 5.69 Å². The third kappa shape index (κ3) is 20.1. The maximum atomic E-state index is 12.5. The van der Waals surface area contributed by atoms with Crippen LogP contribution in [0.1, 0.15) is 69.4 Å². The number of methoxy groups -OCH3 is 2. The van der Waals surface area contributed by atoms with E-state index in [-0.39, 0.29) is 37.0 Å². The van der Waals surface area contributed by atoms with Gasteiger partial charge in [0.05, 0.1) is 102 Å². The second-order valence-corrected chi connectivity index (χ2v) is 21.0. The molecule has 422 valence electrons. The molecule has 1 fully saturated rings. The molecule has 24 heteroatoms. The lowest BCUT2D eigenvalue weighted by Gasteiger charge is -2.30. The molecular formula is C52H74N3O19S2+. The second-order valence-electron chi connectivity index (χ2n) is 18.0. The van der Waals surface area contributed by atoms with Crippen molar-refractivity contribution in [2.45, 2.75) is 68.6 Å². The number of fused-ring (bicyclic) bond motifs is 2. The Balaban J connectivity index is 1.36. The maximum Gasteiger partial charge on any atom is 0.333 e. The summed E-state index contributed by atoms with van der Waals surface area (Å²) in [5.41, 5.74) is 2.45. The number of anilines is 1. The SMILES string of the molecule is COCCOCCOCCOCC[N+](CCOCCOCCOCCOC)=c1ccc2c(/C=C/C=C3/N(CCCCCC(=O)ON4C(=O)CCC4=O)c4ccc(S(=O)(=O)O)cc4C3(C)CCCS(=O)(=O)O)ccoc-2c1. The largest absolute Gasteiger partial charge is 0.464 e. The first-order valence-corrected chi connectivity index (χ1v) is 28.4. The van der Waals surface area contributed by atoms with Gasteiger partial charge in [-0.1, -0.05) is 18.6 Å². The van der Waals surface area contributed by atoms with Gasteiger partial charge in [0.15, 0.2) is 13.1 Å². The number of ether oxygens (including phenoxy) is 8. The van der Waals surface area contributed by atoms with Crippen molar-refractivity contribution in [3.8, 4) is 11.3 Å². The van der Waals surface area contributed by atoms with Crippen LogP contribution < -0.4 is 14.8 Å². The number of nitrogens with zero attached hydrogens (tertiary/aromatic N) is 3. The van der Waals surface area contributed by atoms with E-state index in [2.05, 4.69) is 4.58 Å². The molecule has 1 aromatic rings. The van der Waals surface area contributed by atoms with Crippen LogP contribution in [0.15, 0.2) is 75.9 Å². The number of imide groups is 1. The Hall–Kier alpha value is -4.96. The fourth-order valence-corrected chi connectivity index (χ4v) is 9.63. The molecule has 1 aromatic carbocycles. The summed E-state index contributed by atoms with van der Waals surface area (Å²) in [5, 5.41) is 1.39. The number of benzene rings is 2. The van der Waals surface area contributed by atoms with Crippen LogP contribution in [0.3, 0.4) is 0 Å². The number of unbranched alkanes of at least 4 members (excludes halogenated alkanes) is 2. The molecule has 0 spiro atoms. The summed E-state index contributed by atoms with van der Waals surface area (Å²) in [6.45, 7) is 9.66. The molecule has 2 amide bonds. The van der Waals surface area contributed by atoms with Gasteiger partial charge in [-0.05, 0) is 80.1 Å². The van der Waals surface area contributed by atoms with E-state index in [1.54, 1.807) is 26.5 Å². The molecule has 3 heterocycles. The van der Waals surface area contributed by atoms with Crippen LogP contribution in [0.2, 0.25) is 0 Å². The number of allylic oxidation sites excluding steroid dienone is 3. The maximum absolute atomic E-state index is 12.5. The van der Waals surface area contributed by atoms with Crippen molar-refractivity contribution in [2.75, 3.05) is 137 Å². The average molecular weight is 1110 g/mol. The number of carbonyl (C=O) groups excluding carboxylic acids is 3. The molecule has 4 aliphatic rings. The van der Waals surface area contributed by atoms with E-state index >= 15 is 0 Å². The lowest BCUT2D eigenvalue weighted by atomic mass is 9.77. The first-order valence-electron chi connectivity index (χ1n) is 25.4. The fraction of sp³-hybridized carbons (Fsp3) is 0.577. The average Bonchev–Trinajstić information content (AvgIpc) is 3.82. The Morgan fingerprint density at radius 2 is 1.30 bits per heavy atom. The highest BCUT2D eigenvalue weighted by Gasteiger charge is 2.44. The topological polar surface area (TPSA) is 266 Å². The minimum Gasteiger partial charge on any atom is -0.464 e. The normalized spacial score (nSPS) is 16.5. The number of amides is 2. The van der Waals surface area contributed by atoms with Crippen LogP contribution in [0.5, 0.6) is 0 Å². The van der Waals surface area contributed by atoms with Crippen LogP contribution in [0.25, 0.3) is 17.4 Å². The summed E-state index contributed by atoms with van der Waals surface area (Å²) in [6, 6.07) is 12.0. The van der Waals surface area contributed by atoms with Crippen LogP contribution in [-0.4, -0.2) is 181 Å². The zero-order valence-electron chi connectivity index (χ0n) is 43.7. The van der Waals surface area contributed by atoms with Gasteiger partial charge in [-0.2, -0.15) is 16.8 Å². The monoisotopic (exact) mass is 1110 g/mol. The van der Waals surface area contributed by atoms with Gasteiger partial charge in [-0.3, -0.25) is 18.7 Å². The minimum atomic E-state index is -4.63. The van der Waals surface area contributed by atoms with Crippen molar-refractivity contribution in [3.63, 3.8) is 0 Å². The molecule has 0 aromatic heterocycles. The first-order chi connectivity index (χ1) is 36.6. The van der Waals surface area contributed by atoms with Gasteiger partial charge in [0.1, 0.15) is 19.0 Å². The summed E-state index contributed by atoms with van der Waals surface area (Å²) in [4.78, 5) is 43.1. The van der Waals surface area contributed by atoms with Crippen molar-refractivity contribution in [2.24, 2.45) is 0 Å². The number of hydrogen-bond donors (Lipinski definition) is 2. The summed E-state index contributed by atoms with van der Waals surface area (Å²) in [6.07, 6.45) is 8.75. The number of rotatable bonds is 38. The van der Waals surface area contributed by atoms with Crippen molar-refractivity contribution < 1.29 is 87.5 Å². The van der Waals surface area contributed by atoms with Crippen molar-refractivity contribution in [1.29, 1.82) is 0 Å². The highest BCUT2D eigenvalue weighted by molar-refractivity contribution is 7.86. The number of hydrogen-bond acceptors (Lipinski definition) is 18. The molecule has 5 rings (SSSR count). The molecular weight excluding hydrogens is 1030 g/mol. The Kier molecular flexibility index (Phi) is 26.1.